The average Bonchev–Trinajstić information content (AvgIpc) is 2.80. The molecule has 0 aliphatic rings. The molecule has 4 heteroatoms. The number of aromatic nitrogens is 2. The van der Waals surface area contributed by atoms with E-state index in [-0.39, 0.29) is 0 Å². The van der Waals surface area contributed by atoms with Crippen LogP contribution in [-0.4, -0.2) is 16.1 Å². The van der Waals surface area contributed by atoms with Gasteiger partial charge in [-0.05, 0) is 36.8 Å². The summed E-state index contributed by atoms with van der Waals surface area (Å²) in [6, 6.07) is 16.1. The van der Waals surface area contributed by atoms with E-state index < -0.39 is 0 Å². The number of benzene rings is 2. The van der Waals surface area contributed by atoms with Crippen molar-refractivity contribution in [2.24, 2.45) is 0 Å². The second-order valence-electron chi connectivity index (χ2n) is 4.67. The van der Waals surface area contributed by atoms with Crippen molar-refractivity contribution in [3.8, 4) is 0 Å². The fraction of sp³-hybridized carbons (Fsp3) is 0.188. The molecule has 1 heterocycles. The zero-order valence-electron chi connectivity index (χ0n) is 11.3. The molecular formula is C16H16ClN3. The van der Waals surface area contributed by atoms with Crippen LogP contribution in [0.2, 0.25) is 5.02 Å². The van der Waals surface area contributed by atoms with Crippen molar-refractivity contribution < 1.29 is 0 Å². The van der Waals surface area contributed by atoms with E-state index in [9.17, 15) is 0 Å². The van der Waals surface area contributed by atoms with E-state index in [4.69, 9.17) is 11.6 Å². The minimum atomic E-state index is 0.760. The molecule has 0 saturated heterocycles. The summed E-state index contributed by atoms with van der Waals surface area (Å²) < 4.78 is 2.20. The highest BCUT2D eigenvalue weighted by molar-refractivity contribution is 6.30. The Morgan fingerprint density at radius 1 is 1.10 bits per heavy atom. The minimum Gasteiger partial charge on any atom is -0.356 e. The second kappa shape index (κ2) is 5.55. The van der Waals surface area contributed by atoms with Crippen molar-refractivity contribution in [1.29, 1.82) is 0 Å². The highest BCUT2D eigenvalue weighted by atomic mass is 35.5. The van der Waals surface area contributed by atoms with Gasteiger partial charge < -0.3 is 9.88 Å². The molecule has 0 bridgehead atoms. The maximum atomic E-state index is 5.94. The van der Waals surface area contributed by atoms with Crippen LogP contribution in [-0.2, 0) is 6.54 Å². The molecule has 1 aromatic heterocycles. The van der Waals surface area contributed by atoms with Crippen LogP contribution in [0, 0.1) is 0 Å². The second-order valence-corrected chi connectivity index (χ2v) is 5.10. The molecule has 0 aliphatic carbocycles. The number of nitrogens with zero attached hydrogens (tertiary/aromatic N) is 2. The fourth-order valence-corrected chi connectivity index (χ4v) is 2.43. The number of anilines is 1. The summed E-state index contributed by atoms with van der Waals surface area (Å²) in [6.45, 7) is 3.70. The number of nitrogens with one attached hydrogen (secondary N) is 1. The summed E-state index contributed by atoms with van der Waals surface area (Å²) in [6.07, 6.45) is 0. The molecule has 102 valence electrons. The molecule has 0 aliphatic heterocycles. The van der Waals surface area contributed by atoms with Crippen molar-refractivity contribution in [3.63, 3.8) is 0 Å². The Morgan fingerprint density at radius 3 is 2.60 bits per heavy atom. The highest BCUT2D eigenvalue weighted by Gasteiger charge is 2.09. The van der Waals surface area contributed by atoms with Gasteiger partial charge in [-0.2, -0.15) is 0 Å². The summed E-state index contributed by atoms with van der Waals surface area (Å²) in [5.41, 5.74) is 3.35. The normalized spacial score (nSPS) is 10.9. The first kappa shape index (κ1) is 13.0. The summed E-state index contributed by atoms with van der Waals surface area (Å²) in [5, 5.41) is 4.08. The van der Waals surface area contributed by atoms with Crippen LogP contribution in [0.15, 0.2) is 48.5 Å². The molecule has 0 saturated carbocycles. The van der Waals surface area contributed by atoms with E-state index in [2.05, 4.69) is 27.9 Å². The van der Waals surface area contributed by atoms with Gasteiger partial charge in [0.2, 0.25) is 5.95 Å². The molecule has 20 heavy (non-hydrogen) atoms. The first-order valence-electron chi connectivity index (χ1n) is 6.71. The summed E-state index contributed by atoms with van der Waals surface area (Å²) in [5.74, 6) is 0.906. The summed E-state index contributed by atoms with van der Waals surface area (Å²) in [4.78, 5) is 4.64. The lowest BCUT2D eigenvalue weighted by Crippen LogP contribution is -2.07. The molecule has 3 nitrogen and oxygen atoms in total. The molecule has 3 rings (SSSR count). The van der Waals surface area contributed by atoms with Gasteiger partial charge in [0.05, 0.1) is 17.6 Å². The maximum Gasteiger partial charge on any atom is 0.204 e. The van der Waals surface area contributed by atoms with E-state index in [1.54, 1.807) is 0 Å². The third-order valence-electron chi connectivity index (χ3n) is 3.24. The molecule has 0 atom stereocenters. The summed E-state index contributed by atoms with van der Waals surface area (Å²) in [7, 11) is 0. The highest BCUT2D eigenvalue weighted by Crippen LogP contribution is 2.21. The van der Waals surface area contributed by atoms with Gasteiger partial charge in [0.1, 0.15) is 0 Å². The zero-order valence-corrected chi connectivity index (χ0v) is 12.1. The Bertz CT molecular complexity index is 716. The van der Waals surface area contributed by atoms with Crippen LogP contribution in [0.4, 0.5) is 5.95 Å². The minimum absolute atomic E-state index is 0.760. The van der Waals surface area contributed by atoms with Crippen molar-refractivity contribution in [1.82, 2.24) is 9.55 Å². The number of fused-ring (bicyclic) bond motifs is 1. The number of imidazole rings is 1. The molecule has 0 fully saturated rings. The Hall–Kier alpha value is -2.00. The standard InChI is InChI=1S/C16H16ClN3/c1-2-18-16-19-14-5-3-4-6-15(14)20(16)11-12-7-9-13(17)10-8-12/h3-10H,2,11H2,1H3,(H,18,19). The number of hydrogen-bond acceptors (Lipinski definition) is 2. The predicted molar refractivity (Wildman–Crippen MR) is 84.5 cm³/mol. The van der Waals surface area contributed by atoms with Gasteiger partial charge in [-0.15, -0.1) is 0 Å². The molecular weight excluding hydrogens is 270 g/mol. The Kier molecular flexibility index (Phi) is 3.61. The SMILES string of the molecule is CCNc1nc2ccccc2n1Cc1ccc(Cl)cc1. The fourth-order valence-electron chi connectivity index (χ4n) is 2.30. The van der Waals surface area contributed by atoms with Crippen LogP contribution >= 0.6 is 11.6 Å². The number of rotatable bonds is 4. The van der Waals surface area contributed by atoms with Crippen LogP contribution in [0.3, 0.4) is 0 Å². The lowest BCUT2D eigenvalue weighted by Gasteiger charge is -2.10. The molecule has 3 aromatic rings. The van der Waals surface area contributed by atoms with Crippen LogP contribution < -0.4 is 5.32 Å². The van der Waals surface area contributed by atoms with Gasteiger partial charge >= 0.3 is 0 Å². The van der Waals surface area contributed by atoms with Gasteiger partial charge in [0, 0.05) is 11.6 Å². The van der Waals surface area contributed by atoms with Crippen molar-refractivity contribution >= 4 is 28.6 Å². The molecule has 2 aromatic carbocycles. The van der Waals surface area contributed by atoms with Gasteiger partial charge in [-0.25, -0.2) is 4.98 Å². The Balaban J connectivity index is 2.04. The van der Waals surface area contributed by atoms with E-state index in [1.807, 2.05) is 42.5 Å². The quantitative estimate of drug-likeness (QED) is 0.780. The van der Waals surface area contributed by atoms with Gasteiger partial charge in [0.15, 0.2) is 0 Å². The third kappa shape index (κ3) is 2.49. The van der Waals surface area contributed by atoms with E-state index in [0.29, 0.717) is 0 Å². The smallest absolute Gasteiger partial charge is 0.204 e. The molecule has 0 spiro atoms. The van der Waals surface area contributed by atoms with E-state index in [0.717, 1.165) is 35.1 Å². The summed E-state index contributed by atoms with van der Waals surface area (Å²) >= 11 is 5.94. The van der Waals surface area contributed by atoms with Crippen molar-refractivity contribution in [2.45, 2.75) is 13.5 Å². The molecule has 1 N–H and O–H groups in total. The van der Waals surface area contributed by atoms with Crippen LogP contribution in [0.25, 0.3) is 11.0 Å². The van der Waals surface area contributed by atoms with Crippen molar-refractivity contribution in [3.05, 3.63) is 59.1 Å². The largest absolute Gasteiger partial charge is 0.356 e. The molecule has 0 amide bonds. The monoisotopic (exact) mass is 285 g/mol. The lowest BCUT2D eigenvalue weighted by molar-refractivity contribution is 0.826. The first-order valence-corrected chi connectivity index (χ1v) is 7.09. The average molecular weight is 286 g/mol. The Labute approximate surface area is 123 Å². The zero-order chi connectivity index (χ0) is 13.9. The molecule has 0 unspecified atom stereocenters. The Morgan fingerprint density at radius 2 is 1.85 bits per heavy atom. The molecule has 0 radical (unpaired) electrons. The number of hydrogen-bond donors (Lipinski definition) is 1. The third-order valence-corrected chi connectivity index (χ3v) is 3.50. The van der Waals surface area contributed by atoms with Crippen LogP contribution in [0.5, 0.6) is 0 Å². The predicted octanol–water partition coefficient (Wildman–Crippen LogP) is 4.17. The topological polar surface area (TPSA) is 29.9 Å². The first-order chi connectivity index (χ1) is 9.78. The van der Waals surface area contributed by atoms with Crippen molar-refractivity contribution in [2.75, 3.05) is 11.9 Å². The maximum absolute atomic E-state index is 5.94. The number of halogens is 1. The number of para-hydroxylation sites is 2. The van der Waals surface area contributed by atoms with Gasteiger partial charge in [-0.1, -0.05) is 35.9 Å². The lowest BCUT2D eigenvalue weighted by atomic mass is 10.2. The van der Waals surface area contributed by atoms with Crippen LogP contribution in [0.1, 0.15) is 12.5 Å². The van der Waals surface area contributed by atoms with Gasteiger partial charge in [-0.3, -0.25) is 0 Å². The van der Waals surface area contributed by atoms with E-state index in [1.165, 1.54) is 5.56 Å². The van der Waals surface area contributed by atoms with Gasteiger partial charge in [0.25, 0.3) is 0 Å². The van der Waals surface area contributed by atoms with E-state index >= 15 is 0 Å².